The van der Waals surface area contributed by atoms with Gasteiger partial charge in [0.2, 0.25) is 0 Å². The molecule has 1 atom stereocenters. The van der Waals surface area contributed by atoms with Crippen molar-refractivity contribution in [1.29, 1.82) is 0 Å². The maximum absolute atomic E-state index is 2.46. The standard InChI is InChI=1S/C22H36S.C21H26/c1-6-7-8-13-21-16-20(4)12-10-15-22(5,18-23-17-21)14-9-11-19(2)3;1-6-7-16-11-15(3)20-17(12-16)13-21(4,5)19-9-8-14(2)10-18(19)20/h10-11,15-17H,6-9,12-14,18H2,1-5H3;8-12H,6-7,13H2,1-5H3/b15-10-,20-16-,21-17-;. The molecule has 0 spiro atoms. The number of benzene rings is 2. The molecule has 2 aliphatic rings. The Kier molecular flexibility index (Phi) is 13.9. The van der Waals surface area contributed by atoms with E-state index in [9.17, 15) is 0 Å². The summed E-state index contributed by atoms with van der Waals surface area (Å²) in [5.41, 5.74) is 15.3. The zero-order valence-electron chi connectivity index (χ0n) is 30.0. The molecule has 0 nitrogen and oxygen atoms in total. The summed E-state index contributed by atoms with van der Waals surface area (Å²) in [7, 11) is 0. The molecule has 0 saturated heterocycles. The summed E-state index contributed by atoms with van der Waals surface area (Å²) in [6.07, 6.45) is 21.9. The number of rotatable bonds is 9. The molecule has 1 unspecified atom stereocenters. The van der Waals surface area contributed by atoms with Crippen molar-refractivity contribution in [3.8, 4) is 11.1 Å². The third kappa shape index (κ3) is 10.7. The lowest BCUT2D eigenvalue weighted by Crippen LogP contribution is -2.26. The van der Waals surface area contributed by atoms with Crippen LogP contribution in [0.3, 0.4) is 0 Å². The van der Waals surface area contributed by atoms with Gasteiger partial charge >= 0.3 is 0 Å². The highest BCUT2D eigenvalue weighted by atomic mass is 32.2. The molecule has 0 aromatic heterocycles. The van der Waals surface area contributed by atoms with Crippen LogP contribution in [0.4, 0.5) is 0 Å². The molecule has 1 aliphatic heterocycles. The zero-order valence-corrected chi connectivity index (χ0v) is 30.8. The van der Waals surface area contributed by atoms with Crippen LogP contribution in [0.2, 0.25) is 0 Å². The fraction of sp³-hybridized carbons (Fsp3) is 0.535. The van der Waals surface area contributed by atoms with Crippen molar-refractivity contribution >= 4 is 11.8 Å². The molecule has 4 rings (SSSR count). The molecule has 0 amide bonds. The predicted molar refractivity (Wildman–Crippen MR) is 201 cm³/mol. The summed E-state index contributed by atoms with van der Waals surface area (Å²) in [6, 6.07) is 11.8. The smallest absolute Gasteiger partial charge is 0.00630 e. The van der Waals surface area contributed by atoms with Crippen molar-refractivity contribution in [1.82, 2.24) is 0 Å². The van der Waals surface area contributed by atoms with Crippen molar-refractivity contribution < 1.29 is 0 Å². The molecule has 1 heterocycles. The first-order chi connectivity index (χ1) is 20.9. The Labute approximate surface area is 276 Å². The van der Waals surface area contributed by atoms with Crippen LogP contribution in [-0.4, -0.2) is 5.75 Å². The highest BCUT2D eigenvalue weighted by molar-refractivity contribution is 8.02. The summed E-state index contributed by atoms with van der Waals surface area (Å²) < 4.78 is 0. The van der Waals surface area contributed by atoms with Crippen LogP contribution in [0.1, 0.15) is 135 Å². The van der Waals surface area contributed by atoms with E-state index in [1.54, 1.807) is 5.56 Å². The van der Waals surface area contributed by atoms with Gasteiger partial charge in [0, 0.05) is 5.75 Å². The molecular formula is C43H62S. The van der Waals surface area contributed by atoms with Gasteiger partial charge in [0.1, 0.15) is 0 Å². The van der Waals surface area contributed by atoms with Crippen molar-refractivity contribution in [2.45, 2.75) is 139 Å². The second-order valence-electron chi connectivity index (χ2n) is 14.8. The number of hydrogen-bond acceptors (Lipinski definition) is 1. The van der Waals surface area contributed by atoms with E-state index in [-0.39, 0.29) is 5.41 Å². The molecule has 0 saturated carbocycles. The van der Waals surface area contributed by atoms with E-state index in [1.165, 1.54) is 107 Å². The van der Waals surface area contributed by atoms with E-state index in [0.29, 0.717) is 5.41 Å². The van der Waals surface area contributed by atoms with Crippen LogP contribution >= 0.6 is 11.8 Å². The first-order valence-corrected chi connectivity index (χ1v) is 18.4. The Morgan fingerprint density at radius 1 is 0.932 bits per heavy atom. The van der Waals surface area contributed by atoms with Crippen LogP contribution < -0.4 is 0 Å². The Balaban J connectivity index is 0.000000241. The van der Waals surface area contributed by atoms with Gasteiger partial charge in [0.15, 0.2) is 0 Å². The van der Waals surface area contributed by atoms with Gasteiger partial charge in [-0.25, -0.2) is 0 Å². The van der Waals surface area contributed by atoms with Crippen LogP contribution in [0, 0.1) is 19.3 Å². The van der Waals surface area contributed by atoms with Crippen LogP contribution in [-0.2, 0) is 18.3 Å². The van der Waals surface area contributed by atoms with Crippen molar-refractivity contribution in [3.05, 3.63) is 105 Å². The van der Waals surface area contributed by atoms with Crippen LogP contribution in [0.25, 0.3) is 11.1 Å². The minimum atomic E-state index is 0.229. The fourth-order valence-electron chi connectivity index (χ4n) is 6.81. The topological polar surface area (TPSA) is 0 Å². The Bertz CT molecular complexity index is 1360. The average Bonchev–Trinajstić information content (AvgIpc) is 2.92. The second-order valence-corrected chi connectivity index (χ2v) is 15.7. The van der Waals surface area contributed by atoms with E-state index < -0.39 is 0 Å². The maximum Gasteiger partial charge on any atom is 0.00630 e. The van der Waals surface area contributed by atoms with Crippen LogP contribution in [0.15, 0.2) is 76.8 Å². The van der Waals surface area contributed by atoms with Gasteiger partial charge in [-0.05, 0) is 135 Å². The van der Waals surface area contributed by atoms with Gasteiger partial charge in [-0.15, -0.1) is 11.8 Å². The number of allylic oxidation sites excluding steroid dienone is 7. The molecule has 2 aromatic rings. The SMILES string of the molecule is CCCCCC1=C/SCC(C)(CCC=C(C)C)/C=C\C/C(C)=C\1.CCCc1cc(C)c2c(c1)CC(C)(C)c1ccc(C)cc1-2. The highest BCUT2D eigenvalue weighted by Gasteiger charge is 2.31. The van der Waals surface area contributed by atoms with Gasteiger partial charge in [-0.1, -0.05) is 125 Å². The fourth-order valence-corrected chi connectivity index (χ4v) is 7.91. The molecule has 1 aliphatic carbocycles. The van der Waals surface area contributed by atoms with E-state index in [2.05, 4.69) is 129 Å². The van der Waals surface area contributed by atoms with Crippen molar-refractivity contribution in [3.63, 3.8) is 0 Å². The molecule has 0 fully saturated rings. The number of aryl methyl sites for hydroxylation is 3. The molecule has 2 aromatic carbocycles. The molecular weight excluding hydrogens is 549 g/mol. The third-order valence-electron chi connectivity index (χ3n) is 9.20. The molecule has 240 valence electrons. The normalized spacial score (nSPS) is 22.1. The second kappa shape index (κ2) is 16.9. The molecule has 0 bridgehead atoms. The number of unbranched alkanes of at least 4 members (excludes halogenated alkanes) is 2. The van der Waals surface area contributed by atoms with Crippen molar-refractivity contribution in [2.24, 2.45) is 5.41 Å². The Morgan fingerprint density at radius 2 is 1.70 bits per heavy atom. The summed E-state index contributed by atoms with van der Waals surface area (Å²) in [6.45, 7) is 22.9. The third-order valence-corrected chi connectivity index (χ3v) is 10.5. The lowest BCUT2D eigenvalue weighted by atomic mass is 9.68. The summed E-state index contributed by atoms with van der Waals surface area (Å²) >= 11 is 2.01. The van der Waals surface area contributed by atoms with Gasteiger partial charge in [0.05, 0.1) is 0 Å². The lowest BCUT2D eigenvalue weighted by Gasteiger charge is -2.35. The van der Waals surface area contributed by atoms with Gasteiger partial charge < -0.3 is 0 Å². The van der Waals surface area contributed by atoms with Gasteiger partial charge in [-0.2, -0.15) is 0 Å². The Hall–Kier alpha value is -2.25. The number of fused-ring (bicyclic) bond motifs is 3. The van der Waals surface area contributed by atoms with E-state index in [1.807, 2.05) is 11.8 Å². The minimum absolute atomic E-state index is 0.229. The van der Waals surface area contributed by atoms with Gasteiger partial charge in [-0.3, -0.25) is 0 Å². The summed E-state index contributed by atoms with van der Waals surface area (Å²) in [4.78, 5) is 0. The van der Waals surface area contributed by atoms with E-state index in [0.717, 1.165) is 12.8 Å². The monoisotopic (exact) mass is 610 g/mol. The van der Waals surface area contributed by atoms with Crippen molar-refractivity contribution in [2.75, 3.05) is 5.75 Å². The maximum atomic E-state index is 2.46. The lowest BCUT2D eigenvalue weighted by molar-refractivity contribution is 0.451. The average molecular weight is 611 g/mol. The molecule has 0 N–H and O–H groups in total. The number of thioether (sulfide) groups is 1. The molecule has 0 radical (unpaired) electrons. The minimum Gasteiger partial charge on any atom is -0.133 e. The highest BCUT2D eigenvalue weighted by Crippen LogP contribution is 2.45. The first kappa shape index (κ1) is 36.2. The van der Waals surface area contributed by atoms with E-state index >= 15 is 0 Å². The number of hydrogen-bond donors (Lipinski definition) is 0. The summed E-state index contributed by atoms with van der Waals surface area (Å²) in [5.74, 6) is 1.18. The quantitative estimate of drug-likeness (QED) is 0.201. The van der Waals surface area contributed by atoms with Gasteiger partial charge in [0.25, 0.3) is 0 Å². The molecule has 44 heavy (non-hydrogen) atoms. The van der Waals surface area contributed by atoms with Crippen LogP contribution in [0.5, 0.6) is 0 Å². The Morgan fingerprint density at radius 3 is 2.41 bits per heavy atom. The first-order valence-electron chi connectivity index (χ1n) is 17.4. The largest absolute Gasteiger partial charge is 0.133 e. The predicted octanol–water partition coefficient (Wildman–Crippen LogP) is 13.6. The zero-order chi connectivity index (χ0) is 32.3. The summed E-state index contributed by atoms with van der Waals surface area (Å²) in [5, 5.41) is 2.43. The van der Waals surface area contributed by atoms with E-state index in [4.69, 9.17) is 0 Å². The molecule has 1 heteroatoms.